The predicted octanol–water partition coefficient (Wildman–Crippen LogP) is 5.78. The Morgan fingerprint density at radius 3 is 2.33 bits per heavy atom. The smallest absolute Gasteiger partial charge is 0.349 e. The number of benzene rings is 3. The van der Waals surface area contributed by atoms with Gasteiger partial charge in [-0.1, -0.05) is 65.1 Å². The van der Waals surface area contributed by atoms with Crippen LogP contribution in [0.15, 0.2) is 54.6 Å². The molecule has 0 spiro atoms. The molecule has 122 valence electrons. The molecular weight excluding hydrogens is 371 g/mol. The van der Waals surface area contributed by atoms with Crippen molar-refractivity contribution >= 4 is 51.5 Å². The fraction of sp³-hybridized carbons (Fsp3) is 0.0556. The fourth-order valence-electron chi connectivity index (χ4n) is 2.14. The largest absolute Gasteiger partial charge is 0.480 e. The summed E-state index contributed by atoms with van der Waals surface area (Å²) in [6.07, 6.45) is 0. The zero-order chi connectivity index (χ0) is 17.1. The molecule has 0 aromatic heterocycles. The molecule has 0 aliphatic carbocycles. The van der Waals surface area contributed by atoms with Crippen LogP contribution in [0.1, 0.15) is 0 Å². The van der Waals surface area contributed by atoms with E-state index in [2.05, 4.69) is 0 Å². The van der Waals surface area contributed by atoms with Crippen LogP contribution >= 0.6 is 34.8 Å². The third-order valence-electron chi connectivity index (χ3n) is 3.27. The van der Waals surface area contributed by atoms with Gasteiger partial charge in [0.25, 0.3) is 0 Å². The van der Waals surface area contributed by atoms with Gasteiger partial charge < -0.3 is 9.47 Å². The van der Waals surface area contributed by atoms with Crippen LogP contribution in [-0.2, 0) is 4.79 Å². The Bertz CT molecular complexity index is 909. The Hall–Kier alpha value is -1.94. The SMILES string of the molecule is O=C(COc1cc(Cl)c(Cl)cc1Cl)Oc1ccc2ccccc2c1. The maximum absolute atomic E-state index is 11.9. The first kappa shape index (κ1) is 16.9. The molecule has 0 amide bonds. The van der Waals surface area contributed by atoms with E-state index < -0.39 is 5.97 Å². The molecule has 0 aliphatic rings. The van der Waals surface area contributed by atoms with Gasteiger partial charge in [-0.25, -0.2) is 4.79 Å². The highest BCUT2D eigenvalue weighted by molar-refractivity contribution is 6.43. The topological polar surface area (TPSA) is 35.5 Å². The van der Waals surface area contributed by atoms with Crippen molar-refractivity contribution in [2.75, 3.05) is 6.61 Å². The predicted molar refractivity (Wildman–Crippen MR) is 96.6 cm³/mol. The third kappa shape index (κ3) is 3.93. The summed E-state index contributed by atoms with van der Waals surface area (Å²) in [7, 11) is 0. The quantitative estimate of drug-likeness (QED) is 0.326. The van der Waals surface area contributed by atoms with Gasteiger partial charge in [-0.15, -0.1) is 0 Å². The second-order valence-electron chi connectivity index (χ2n) is 4.97. The molecule has 0 fully saturated rings. The highest BCUT2D eigenvalue weighted by Gasteiger charge is 2.11. The van der Waals surface area contributed by atoms with E-state index in [9.17, 15) is 4.79 Å². The Labute approximate surface area is 153 Å². The number of carbonyl (C=O) groups is 1. The minimum atomic E-state index is -0.549. The number of fused-ring (bicyclic) bond motifs is 1. The zero-order valence-electron chi connectivity index (χ0n) is 12.3. The number of hydrogen-bond donors (Lipinski definition) is 0. The maximum Gasteiger partial charge on any atom is 0.349 e. The van der Waals surface area contributed by atoms with Crippen LogP contribution in [0, 0.1) is 0 Å². The lowest BCUT2D eigenvalue weighted by molar-refractivity contribution is -0.136. The van der Waals surface area contributed by atoms with Crippen molar-refractivity contribution in [3.05, 3.63) is 69.7 Å². The van der Waals surface area contributed by atoms with Gasteiger partial charge in [0.1, 0.15) is 11.5 Å². The van der Waals surface area contributed by atoms with Crippen LogP contribution in [0.4, 0.5) is 0 Å². The molecule has 0 atom stereocenters. The van der Waals surface area contributed by atoms with E-state index in [1.165, 1.54) is 12.1 Å². The van der Waals surface area contributed by atoms with Gasteiger partial charge >= 0.3 is 5.97 Å². The van der Waals surface area contributed by atoms with Crippen LogP contribution in [0.25, 0.3) is 10.8 Å². The summed E-state index contributed by atoms with van der Waals surface area (Å²) in [5.74, 6) is 0.163. The van der Waals surface area contributed by atoms with Crippen molar-refractivity contribution in [2.24, 2.45) is 0 Å². The minimum absolute atomic E-state index is 0.265. The molecule has 0 N–H and O–H groups in total. The van der Waals surface area contributed by atoms with Crippen molar-refractivity contribution in [1.82, 2.24) is 0 Å². The normalized spacial score (nSPS) is 10.6. The molecule has 3 rings (SSSR count). The molecule has 3 aromatic rings. The summed E-state index contributed by atoms with van der Waals surface area (Å²) < 4.78 is 10.6. The van der Waals surface area contributed by atoms with Gasteiger partial charge in [-0.2, -0.15) is 0 Å². The fourth-order valence-corrected chi connectivity index (χ4v) is 2.73. The molecule has 6 heteroatoms. The lowest BCUT2D eigenvalue weighted by Gasteiger charge is -2.09. The van der Waals surface area contributed by atoms with Crippen molar-refractivity contribution in [2.45, 2.75) is 0 Å². The Morgan fingerprint density at radius 1 is 0.833 bits per heavy atom. The Balaban J connectivity index is 1.66. The van der Waals surface area contributed by atoms with Crippen LogP contribution in [0.3, 0.4) is 0 Å². The van der Waals surface area contributed by atoms with Crippen molar-refractivity contribution < 1.29 is 14.3 Å². The van der Waals surface area contributed by atoms with Gasteiger partial charge in [0.2, 0.25) is 0 Å². The van der Waals surface area contributed by atoms with E-state index in [1.807, 2.05) is 30.3 Å². The Morgan fingerprint density at radius 2 is 1.54 bits per heavy atom. The Kier molecular flexibility index (Phi) is 5.14. The number of carbonyl (C=O) groups excluding carboxylic acids is 1. The van der Waals surface area contributed by atoms with Crippen LogP contribution in [-0.4, -0.2) is 12.6 Å². The second kappa shape index (κ2) is 7.31. The van der Waals surface area contributed by atoms with Crippen molar-refractivity contribution in [3.63, 3.8) is 0 Å². The zero-order valence-corrected chi connectivity index (χ0v) is 14.5. The monoisotopic (exact) mass is 380 g/mol. The average Bonchev–Trinajstić information content (AvgIpc) is 2.57. The number of halogens is 3. The van der Waals surface area contributed by atoms with Crippen molar-refractivity contribution in [1.29, 1.82) is 0 Å². The molecule has 0 aliphatic heterocycles. The van der Waals surface area contributed by atoms with E-state index in [4.69, 9.17) is 44.3 Å². The maximum atomic E-state index is 11.9. The minimum Gasteiger partial charge on any atom is -0.480 e. The summed E-state index contributed by atoms with van der Waals surface area (Å²) in [6.45, 7) is -0.301. The summed E-state index contributed by atoms with van der Waals surface area (Å²) in [5, 5.41) is 2.92. The first-order valence-electron chi connectivity index (χ1n) is 7.00. The highest BCUT2D eigenvalue weighted by Crippen LogP contribution is 2.33. The number of ether oxygens (including phenoxy) is 2. The van der Waals surface area contributed by atoms with E-state index in [0.29, 0.717) is 15.8 Å². The molecule has 0 heterocycles. The van der Waals surface area contributed by atoms with E-state index in [0.717, 1.165) is 10.8 Å². The number of hydrogen-bond acceptors (Lipinski definition) is 3. The standard InChI is InChI=1S/C18H11Cl3O3/c19-14-8-16(21)17(9-15(14)20)23-10-18(22)24-13-6-5-11-3-1-2-4-12(11)7-13/h1-9H,10H2. The number of esters is 1. The number of rotatable bonds is 4. The highest BCUT2D eigenvalue weighted by atomic mass is 35.5. The lowest BCUT2D eigenvalue weighted by Crippen LogP contribution is -2.17. The molecule has 0 unspecified atom stereocenters. The van der Waals surface area contributed by atoms with Crippen LogP contribution < -0.4 is 9.47 Å². The molecule has 0 radical (unpaired) electrons. The second-order valence-corrected chi connectivity index (χ2v) is 6.19. The van der Waals surface area contributed by atoms with Gasteiger partial charge in [0.15, 0.2) is 6.61 Å². The van der Waals surface area contributed by atoms with E-state index >= 15 is 0 Å². The molecule has 0 saturated heterocycles. The molecule has 3 nitrogen and oxygen atoms in total. The first-order valence-corrected chi connectivity index (χ1v) is 8.13. The van der Waals surface area contributed by atoms with Gasteiger partial charge in [-0.05, 0) is 29.0 Å². The van der Waals surface area contributed by atoms with Crippen LogP contribution in [0.2, 0.25) is 15.1 Å². The lowest BCUT2D eigenvalue weighted by atomic mass is 10.1. The molecule has 24 heavy (non-hydrogen) atoms. The molecule has 0 saturated carbocycles. The third-order valence-corrected chi connectivity index (χ3v) is 4.29. The van der Waals surface area contributed by atoms with Crippen LogP contribution in [0.5, 0.6) is 11.5 Å². The van der Waals surface area contributed by atoms with E-state index in [-0.39, 0.29) is 17.4 Å². The molecule has 3 aromatic carbocycles. The van der Waals surface area contributed by atoms with Gasteiger partial charge in [0, 0.05) is 6.07 Å². The van der Waals surface area contributed by atoms with E-state index in [1.54, 1.807) is 12.1 Å². The summed E-state index contributed by atoms with van der Waals surface area (Å²) >= 11 is 17.7. The molecule has 0 bridgehead atoms. The molecular formula is C18H11Cl3O3. The van der Waals surface area contributed by atoms with Crippen molar-refractivity contribution in [3.8, 4) is 11.5 Å². The van der Waals surface area contributed by atoms with Gasteiger partial charge in [-0.3, -0.25) is 0 Å². The summed E-state index contributed by atoms with van der Waals surface area (Å²) in [5.41, 5.74) is 0. The summed E-state index contributed by atoms with van der Waals surface area (Å²) in [4.78, 5) is 11.9. The first-order chi connectivity index (χ1) is 11.5. The average molecular weight is 382 g/mol. The summed E-state index contributed by atoms with van der Waals surface area (Å²) in [6, 6.07) is 16.1. The van der Waals surface area contributed by atoms with Gasteiger partial charge in [0.05, 0.1) is 15.1 Å².